The Balaban J connectivity index is 1.96. The Bertz CT molecular complexity index is 195. The quantitative estimate of drug-likeness (QED) is 0.411. The summed E-state index contributed by atoms with van der Waals surface area (Å²) in [7, 11) is 0. The summed E-state index contributed by atoms with van der Waals surface area (Å²) in [5.74, 6) is 0. The van der Waals surface area contributed by atoms with Gasteiger partial charge in [-0.3, -0.25) is 4.79 Å². The number of aldehydes is 1. The fourth-order valence-electron chi connectivity index (χ4n) is 1.28. The highest BCUT2D eigenvalue weighted by Crippen LogP contribution is 2.72. The van der Waals surface area contributed by atoms with Crippen LogP contribution in [0.3, 0.4) is 0 Å². The predicted octanol–water partition coefficient (Wildman–Crippen LogP) is 0.469. The van der Waals surface area contributed by atoms with Gasteiger partial charge in [0.1, 0.15) is 5.44 Å². The van der Waals surface area contributed by atoms with E-state index < -0.39 is 0 Å². The molecule has 0 amide bonds. The molecular weight excluding hydrogens is 156 g/mol. The molecule has 0 aromatic carbocycles. The van der Waals surface area contributed by atoms with Crippen LogP contribution in [0.25, 0.3) is 0 Å². The maximum Gasteiger partial charge on any atom is 0.184 e. The molecule has 3 heterocycles. The van der Waals surface area contributed by atoms with Crippen LogP contribution in [0.4, 0.5) is 0 Å². The highest BCUT2D eigenvalue weighted by atomic mass is 32.2. The van der Waals surface area contributed by atoms with E-state index in [4.69, 9.17) is 4.74 Å². The first-order valence-corrected chi connectivity index (χ1v) is 4.65. The molecule has 9 heavy (non-hydrogen) atoms. The van der Waals surface area contributed by atoms with Crippen LogP contribution in [0.2, 0.25) is 0 Å². The zero-order chi connectivity index (χ0) is 6.06. The molecule has 4 atom stereocenters. The average Bonchev–Trinajstić information content (AvgIpc) is 2.72. The second-order valence-electron chi connectivity index (χ2n) is 2.46. The van der Waals surface area contributed by atoms with Gasteiger partial charge in [-0.1, -0.05) is 0 Å². The van der Waals surface area contributed by atoms with E-state index in [9.17, 15) is 4.79 Å². The summed E-state index contributed by atoms with van der Waals surface area (Å²) in [6.07, 6.45) is 0.953. The molecule has 3 aliphatic rings. The molecule has 3 rings (SSSR count). The lowest BCUT2D eigenvalue weighted by molar-refractivity contribution is -0.116. The lowest BCUT2D eigenvalue weighted by atomic mass is 10.3. The van der Waals surface area contributed by atoms with Crippen molar-refractivity contribution in [1.29, 1.82) is 0 Å². The van der Waals surface area contributed by atoms with E-state index in [2.05, 4.69) is 0 Å². The van der Waals surface area contributed by atoms with Crippen molar-refractivity contribution in [1.82, 2.24) is 0 Å². The van der Waals surface area contributed by atoms with Crippen LogP contribution in [0, 0.1) is 0 Å². The van der Waals surface area contributed by atoms with E-state index in [1.807, 2.05) is 11.8 Å². The SMILES string of the molecule is O=CC12OC3SC3C1S2. The lowest BCUT2D eigenvalue weighted by Gasteiger charge is -2.00. The number of thioether (sulfide) groups is 2. The van der Waals surface area contributed by atoms with Gasteiger partial charge in [0, 0.05) is 0 Å². The Morgan fingerprint density at radius 2 is 2.56 bits per heavy atom. The van der Waals surface area contributed by atoms with Gasteiger partial charge in [0.2, 0.25) is 0 Å². The molecule has 0 radical (unpaired) electrons. The van der Waals surface area contributed by atoms with Crippen molar-refractivity contribution in [2.75, 3.05) is 0 Å². The molecular formula is C5H4O2S2. The Kier molecular flexibility index (Phi) is 0.671. The van der Waals surface area contributed by atoms with E-state index in [0.29, 0.717) is 15.9 Å². The van der Waals surface area contributed by atoms with Gasteiger partial charge in [-0.15, -0.1) is 23.5 Å². The summed E-state index contributed by atoms with van der Waals surface area (Å²) in [5.41, 5.74) is 0.376. The summed E-state index contributed by atoms with van der Waals surface area (Å²) >= 11 is 3.50. The summed E-state index contributed by atoms with van der Waals surface area (Å²) in [5, 5.41) is 1.16. The molecule has 4 heteroatoms. The van der Waals surface area contributed by atoms with E-state index >= 15 is 0 Å². The molecule has 2 nitrogen and oxygen atoms in total. The van der Waals surface area contributed by atoms with Crippen molar-refractivity contribution >= 4 is 29.8 Å². The zero-order valence-electron chi connectivity index (χ0n) is 4.44. The van der Waals surface area contributed by atoms with Gasteiger partial charge >= 0.3 is 0 Å². The van der Waals surface area contributed by atoms with Crippen molar-refractivity contribution in [3.8, 4) is 0 Å². The number of ether oxygens (including phenoxy) is 1. The van der Waals surface area contributed by atoms with Crippen LogP contribution in [-0.4, -0.2) is 27.2 Å². The van der Waals surface area contributed by atoms with Gasteiger partial charge in [-0.25, -0.2) is 0 Å². The highest BCUT2D eigenvalue weighted by Gasteiger charge is 2.76. The molecule has 0 saturated carbocycles. The minimum atomic E-state index is -0.361. The smallest absolute Gasteiger partial charge is 0.184 e. The molecule has 4 unspecified atom stereocenters. The summed E-state index contributed by atoms with van der Waals surface area (Å²) in [6, 6.07) is 0. The van der Waals surface area contributed by atoms with Crippen molar-refractivity contribution < 1.29 is 9.53 Å². The van der Waals surface area contributed by atoms with Crippen LogP contribution in [-0.2, 0) is 9.53 Å². The molecule has 3 saturated heterocycles. The fraction of sp³-hybridized carbons (Fsp3) is 0.800. The fourth-order valence-corrected chi connectivity index (χ4v) is 3.95. The Hall–Kier alpha value is 0.330. The van der Waals surface area contributed by atoms with Gasteiger partial charge in [0.05, 0.1) is 10.5 Å². The Morgan fingerprint density at radius 3 is 3.00 bits per heavy atom. The molecule has 0 N–H and O–H groups in total. The standard InChI is InChI=1S/C5H4O2S2/c6-1-5-3(9-5)2-4(7-5)8-2/h1-4H. The molecule has 48 valence electrons. The minimum absolute atomic E-state index is 0.361. The summed E-state index contributed by atoms with van der Waals surface area (Å²) in [6.45, 7) is 0. The molecule has 3 aliphatic heterocycles. The third-order valence-corrected chi connectivity index (χ3v) is 4.70. The van der Waals surface area contributed by atoms with E-state index in [1.54, 1.807) is 11.8 Å². The van der Waals surface area contributed by atoms with Gasteiger partial charge in [-0.2, -0.15) is 0 Å². The molecule has 0 aliphatic carbocycles. The molecule has 0 aromatic heterocycles. The number of rotatable bonds is 1. The molecule has 0 aromatic rings. The van der Waals surface area contributed by atoms with Crippen LogP contribution >= 0.6 is 23.5 Å². The monoisotopic (exact) mass is 160 g/mol. The number of hydrogen-bond donors (Lipinski definition) is 0. The zero-order valence-corrected chi connectivity index (χ0v) is 6.08. The van der Waals surface area contributed by atoms with Gasteiger partial charge in [-0.05, 0) is 0 Å². The Morgan fingerprint density at radius 1 is 1.67 bits per heavy atom. The van der Waals surface area contributed by atoms with Crippen LogP contribution < -0.4 is 0 Å². The topological polar surface area (TPSA) is 26.3 Å². The highest BCUT2D eigenvalue weighted by molar-refractivity contribution is 8.14. The second kappa shape index (κ2) is 1.20. The third-order valence-electron chi connectivity index (χ3n) is 1.90. The lowest BCUT2D eigenvalue weighted by Crippen LogP contribution is -2.15. The first-order valence-electron chi connectivity index (χ1n) is 2.83. The van der Waals surface area contributed by atoms with E-state index in [1.165, 1.54) is 0 Å². The first-order chi connectivity index (χ1) is 4.36. The third kappa shape index (κ3) is 0.447. The normalized spacial score (nSPS) is 66.4. The van der Waals surface area contributed by atoms with Crippen molar-refractivity contribution in [2.45, 2.75) is 20.9 Å². The number of fused-ring (bicyclic) bond motifs is 3. The van der Waals surface area contributed by atoms with E-state index in [-0.39, 0.29) is 4.93 Å². The minimum Gasteiger partial charge on any atom is -0.341 e. The molecule has 3 fully saturated rings. The molecule has 0 spiro atoms. The maximum absolute atomic E-state index is 10.4. The van der Waals surface area contributed by atoms with Crippen molar-refractivity contribution in [3.63, 3.8) is 0 Å². The van der Waals surface area contributed by atoms with Crippen LogP contribution in [0.1, 0.15) is 0 Å². The van der Waals surface area contributed by atoms with E-state index in [0.717, 1.165) is 6.29 Å². The van der Waals surface area contributed by atoms with Gasteiger partial charge in [0.25, 0.3) is 0 Å². The van der Waals surface area contributed by atoms with Crippen molar-refractivity contribution in [3.05, 3.63) is 0 Å². The van der Waals surface area contributed by atoms with Crippen LogP contribution in [0.5, 0.6) is 0 Å². The predicted molar refractivity (Wildman–Crippen MR) is 36.4 cm³/mol. The summed E-state index contributed by atoms with van der Waals surface area (Å²) < 4.78 is 5.40. The number of carbonyl (C=O) groups is 1. The Labute approximate surface area is 60.7 Å². The van der Waals surface area contributed by atoms with Crippen LogP contribution in [0.15, 0.2) is 0 Å². The largest absolute Gasteiger partial charge is 0.341 e. The number of carbonyl (C=O) groups excluding carboxylic acids is 1. The second-order valence-corrected chi connectivity index (χ2v) is 5.13. The average molecular weight is 160 g/mol. The maximum atomic E-state index is 10.4. The van der Waals surface area contributed by atoms with Gasteiger partial charge < -0.3 is 4.74 Å². The van der Waals surface area contributed by atoms with Gasteiger partial charge in [0.15, 0.2) is 11.2 Å². The summed E-state index contributed by atoms with van der Waals surface area (Å²) in [4.78, 5) is 10.0. The number of hydrogen-bond acceptors (Lipinski definition) is 4. The van der Waals surface area contributed by atoms with Crippen molar-refractivity contribution in [2.24, 2.45) is 0 Å². The molecule has 0 bridgehead atoms. The first kappa shape index (κ1) is 5.04.